The van der Waals surface area contributed by atoms with Gasteiger partial charge in [0.1, 0.15) is 18.2 Å². The van der Waals surface area contributed by atoms with Crippen LogP contribution in [0, 0.1) is 5.82 Å². The number of carbonyl (C=O) groups excluding carboxylic acids is 1. The molecule has 0 aliphatic carbocycles. The van der Waals surface area contributed by atoms with Gasteiger partial charge in [0.15, 0.2) is 0 Å². The highest BCUT2D eigenvalue weighted by Crippen LogP contribution is 2.08. The molecule has 0 radical (unpaired) electrons. The first-order valence-electron chi connectivity index (χ1n) is 7.06. The van der Waals surface area contributed by atoms with Crippen molar-refractivity contribution in [3.05, 3.63) is 66.0 Å². The number of nitrogens with one attached hydrogen (secondary N) is 1. The van der Waals surface area contributed by atoms with Crippen LogP contribution in [0.25, 0.3) is 0 Å². The molecule has 0 aliphatic rings. The summed E-state index contributed by atoms with van der Waals surface area (Å²) in [5.74, 6) is 0.493. The van der Waals surface area contributed by atoms with Crippen LogP contribution in [0.5, 0.6) is 5.75 Å². The van der Waals surface area contributed by atoms with E-state index < -0.39 is 0 Å². The molecule has 0 aromatic heterocycles. The van der Waals surface area contributed by atoms with Gasteiger partial charge in [0.25, 0.3) is 0 Å². The number of nitrogens with zero attached hydrogens (tertiary/aromatic N) is 1. The van der Waals surface area contributed by atoms with Crippen LogP contribution in [0.4, 0.5) is 9.18 Å². The zero-order valence-electron chi connectivity index (χ0n) is 12.5. The Hall–Kier alpha value is -2.56. The summed E-state index contributed by atoms with van der Waals surface area (Å²) in [4.78, 5) is 13.5. The van der Waals surface area contributed by atoms with Crippen molar-refractivity contribution in [2.45, 2.75) is 6.54 Å². The lowest BCUT2D eigenvalue weighted by molar-refractivity contribution is 0.195. The van der Waals surface area contributed by atoms with E-state index in [-0.39, 0.29) is 11.8 Å². The summed E-state index contributed by atoms with van der Waals surface area (Å²) in [5.41, 5.74) is 0.851. The zero-order valence-corrected chi connectivity index (χ0v) is 12.5. The third kappa shape index (κ3) is 5.09. The molecule has 0 unspecified atom stereocenters. The summed E-state index contributed by atoms with van der Waals surface area (Å²) in [6, 6.07) is 15.3. The number of benzene rings is 2. The molecule has 0 heterocycles. The van der Waals surface area contributed by atoms with Crippen molar-refractivity contribution in [2.24, 2.45) is 0 Å². The second-order valence-corrected chi connectivity index (χ2v) is 4.87. The van der Waals surface area contributed by atoms with Gasteiger partial charge in [-0.15, -0.1) is 0 Å². The second kappa shape index (κ2) is 8.02. The normalized spacial score (nSPS) is 10.1. The number of para-hydroxylation sites is 1. The SMILES string of the molecule is CN(CCOc1ccccc1)C(=O)NCc1ccc(F)cc1. The van der Waals surface area contributed by atoms with Crippen LogP contribution in [0.3, 0.4) is 0 Å². The van der Waals surface area contributed by atoms with Crippen molar-refractivity contribution < 1.29 is 13.9 Å². The van der Waals surface area contributed by atoms with E-state index in [1.54, 1.807) is 24.1 Å². The van der Waals surface area contributed by atoms with E-state index in [0.717, 1.165) is 11.3 Å². The van der Waals surface area contributed by atoms with Crippen molar-refractivity contribution in [2.75, 3.05) is 20.2 Å². The molecular formula is C17H19FN2O2. The molecule has 2 amide bonds. The molecular weight excluding hydrogens is 283 g/mol. The Kier molecular flexibility index (Phi) is 5.77. The van der Waals surface area contributed by atoms with Crippen LogP contribution in [0.15, 0.2) is 54.6 Å². The first-order chi connectivity index (χ1) is 10.6. The fourth-order valence-corrected chi connectivity index (χ4v) is 1.83. The number of hydrogen-bond acceptors (Lipinski definition) is 2. The molecule has 5 heteroatoms. The third-order valence-electron chi connectivity index (χ3n) is 3.14. The number of likely N-dealkylation sites (N-methyl/N-ethyl adjacent to an activating group) is 1. The van der Waals surface area contributed by atoms with E-state index in [4.69, 9.17) is 4.74 Å². The Labute approximate surface area is 129 Å². The Morgan fingerprint density at radius 2 is 1.82 bits per heavy atom. The molecule has 0 saturated carbocycles. The van der Waals surface area contributed by atoms with Crippen molar-refractivity contribution in [3.8, 4) is 5.75 Å². The number of hydrogen-bond donors (Lipinski definition) is 1. The Morgan fingerprint density at radius 3 is 2.50 bits per heavy atom. The van der Waals surface area contributed by atoms with E-state index in [2.05, 4.69) is 5.32 Å². The Morgan fingerprint density at radius 1 is 1.14 bits per heavy atom. The van der Waals surface area contributed by atoms with Gasteiger partial charge in [-0.25, -0.2) is 9.18 Å². The van der Waals surface area contributed by atoms with Crippen molar-refractivity contribution >= 4 is 6.03 Å². The summed E-state index contributed by atoms with van der Waals surface area (Å²) in [6.45, 7) is 1.26. The quantitative estimate of drug-likeness (QED) is 0.891. The first-order valence-corrected chi connectivity index (χ1v) is 7.06. The van der Waals surface area contributed by atoms with Crippen LogP contribution < -0.4 is 10.1 Å². The van der Waals surface area contributed by atoms with E-state index in [1.807, 2.05) is 30.3 Å². The number of amides is 2. The summed E-state index contributed by atoms with van der Waals surface area (Å²) < 4.78 is 18.3. The zero-order chi connectivity index (χ0) is 15.8. The van der Waals surface area contributed by atoms with Crippen LogP contribution in [-0.2, 0) is 6.54 Å². The second-order valence-electron chi connectivity index (χ2n) is 4.87. The van der Waals surface area contributed by atoms with Gasteiger partial charge in [0, 0.05) is 13.6 Å². The van der Waals surface area contributed by atoms with E-state index in [9.17, 15) is 9.18 Å². The van der Waals surface area contributed by atoms with Crippen molar-refractivity contribution in [1.82, 2.24) is 10.2 Å². The molecule has 2 rings (SSSR count). The van der Waals surface area contributed by atoms with Crippen LogP contribution >= 0.6 is 0 Å². The van der Waals surface area contributed by atoms with Crippen molar-refractivity contribution in [1.29, 1.82) is 0 Å². The van der Waals surface area contributed by atoms with Gasteiger partial charge in [0.2, 0.25) is 0 Å². The molecule has 0 aliphatic heterocycles. The predicted octanol–water partition coefficient (Wildman–Crippen LogP) is 3.05. The largest absolute Gasteiger partial charge is 0.492 e. The van der Waals surface area contributed by atoms with Gasteiger partial charge in [-0.2, -0.15) is 0 Å². The maximum atomic E-state index is 12.8. The third-order valence-corrected chi connectivity index (χ3v) is 3.14. The predicted molar refractivity (Wildman–Crippen MR) is 83.2 cm³/mol. The van der Waals surface area contributed by atoms with Gasteiger partial charge < -0.3 is 15.0 Å². The lowest BCUT2D eigenvalue weighted by Gasteiger charge is -2.18. The van der Waals surface area contributed by atoms with Crippen molar-refractivity contribution in [3.63, 3.8) is 0 Å². The minimum absolute atomic E-state index is 0.194. The van der Waals surface area contributed by atoms with Gasteiger partial charge in [-0.3, -0.25) is 0 Å². The Bertz CT molecular complexity index is 587. The number of urea groups is 1. The molecule has 2 aromatic rings. The molecule has 0 atom stereocenters. The summed E-state index contributed by atoms with van der Waals surface area (Å²) in [7, 11) is 1.70. The van der Waals surface area contributed by atoms with E-state index in [1.165, 1.54) is 12.1 Å². The van der Waals surface area contributed by atoms with E-state index >= 15 is 0 Å². The summed E-state index contributed by atoms with van der Waals surface area (Å²) in [6.07, 6.45) is 0. The molecule has 1 N–H and O–H groups in total. The molecule has 2 aromatic carbocycles. The lowest BCUT2D eigenvalue weighted by Crippen LogP contribution is -2.39. The van der Waals surface area contributed by atoms with E-state index in [0.29, 0.717) is 19.7 Å². The lowest BCUT2D eigenvalue weighted by atomic mass is 10.2. The number of carbonyl (C=O) groups is 1. The average molecular weight is 302 g/mol. The highest BCUT2D eigenvalue weighted by Gasteiger charge is 2.08. The molecule has 0 saturated heterocycles. The highest BCUT2D eigenvalue weighted by molar-refractivity contribution is 5.73. The topological polar surface area (TPSA) is 41.6 Å². The fraction of sp³-hybridized carbons (Fsp3) is 0.235. The van der Waals surface area contributed by atoms with Gasteiger partial charge in [0.05, 0.1) is 6.54 Å². The Balaban J connectivity index is 1.69. The molecule has 4 nitrogen and oxygen atoms in total. The maximum Gasteiger partial charge on any atom is 0.317 e. The standard InChI is InChI=1S/C17H19FN2O2/c1-20(11-12-22-16-5-3-2-4-6-16)17(21)19-13-14-7-9-15(18)10-8-14/h2-10H,11-13H2,1H3,(H,19,21). The van der Waals surface area contributed by atoms with Crippen LogP contribution in [-0.4, -0.2) is 31.1 Å². The molecule has 0 spiro atoms. The minimum Gasteiger partial charge on any atom is -0.492 e. The smallest absolute Gasteiger partial charge is 0.317 e. The number of ether oxygens (including phenoxy) is 1. The number of halogens is 1. The number of rotatable bonds is 6. The summed E-state index contributed by atoms with van der Waals surface area (Å²) >= 11 is 0. The average Bonchev–Trinajstić information content (AvgIpc) is 2.55. The molecule has 22 heavy (non-hydrogen) atoms. The molecule has 116 valence electrons. The summed E-state index contributed by atoms with van der Waals surface area (Å²) in [5, 5.41) is 2.78. The van der Waals surface area contributed by atoms with Gasteiger partial charge in [-0.1, -0.05) is 30.3 Å². The minimum atomic E-state index is -0.287. The highest BCUT2D eigenvalue weighted by atomic mass is 19.1. The molecule has 0 bridgehead atoms. The van der Waals surface area contributed by atoms with Gasteiger partial charge >= 0.3 is 6.03 Å². The molecule has 0 fully saturated rings. The maximum absolute atomic E-state index is 12.8. The van der Waals surface area contributed by atoms with Crippen LogP contribution in [0.1, 0.15) is 5.56 Å². The van der Waals surface area contributed by atoms with Gasteiger partial charge in [-0.05, 0) is 29.8 Å². The fourth-order valence-electron chi connectivity index (χ4n) is 1.83. The monoisotopic (exact) mass is 302 g/mol. The van der Waals surface area contributed by atoms with Crippen LogP contribution in [0.2, 0.25) is 0 Å². The first kappa shape index (κ1) is 15.8.